The first-order valence-corrected chi connectivity index (χ1v) is 5.95. The molecule has 1 heterocycles. The quantitative estimate of drug-likeness (QED) is 0.519. The first-order chi connectivity index (χ1) is 9.82. The van der Waals surface area contributed by atoms with Crippen molar-refractivity contribution in [3.8, 4) is 0 Å². The Bertz CT molecular complexity index is 642. The van der Waals surface area contributed by atoms with Crippen LogP contribution in [0, 0.1) is 12.7 Å². The van der Waals surface area contributed by atoms with Crippen molar-refractivity contribution >= 4 is 0 Å². The van der Waals surface area contributed by atoms with E-state index in [-0.39, 0.29) is 5.56 Å². The highest BCUT2D eigenvalue weighted by molar-refractivity contribution is 5.32. The SMILES string of the molecule is Cc1nccc(C(NN)c2ccc(C(F)(F)F)c(F)c2)n1. The summed E-state index contributed by atoms with van der Waals surface area (Å²) in [5, 5.41) is 0. The van der Waals surface area contributed by atoms with Gasteiger partial charge in [-0.3, -0.25) is 5.84 Å². The summed E-state index contributed by atoms with van der Waals surface area (Å²) in [6, 6.07) is 3.46. The molecule has 0 fully saturated rings. The van der Waals surface area contributed by atoms with E-state index in [0.717, 1.165) is 12.1 Å². The molecule has 4 nitrogen and oxygen atoms in total. The molecule has 1 unspecified atom stereocenters. The Labute approximate surface area is 118 Å². The highest BCUT2D eigenvalue weighted by Crippen LogP contribution is 2.33. The van der Waals surface area contributed by atoms with Gasteiger partial charge in [-0.25, -0.2) is 19.8 Å². The smallest absolute Gasteiger partial charge is 0.271 e. The van der Waals surface area contributed by atoms with E-state index in [1.54, 1.807) is 13.0 Å². The van der Waals surface area contributed by atoms with Crippen molar-refractivity contribution in [3.05, 3.63) is 58.9 Å². The molecular formula is C13H12F4N4. The number of nitrogens with one attached hydrogen (secondary N) is 1. The zero-order valence-electron chi connectivity index (χ0n) is 10.9. The molecule has 0 saturated heterocycles. The molecular weight excluding hydrogens is 288 g/mol. The maximum Gasteiger partial charge on any atom is 0.419 e. The molecule has 1 aromatic heterocycles. The van der Waals surface area contributed by atoms with Gasteiger partial charge in [-0.15, -0.1) is 0 Å². The number of hydrogen-bond acceptors (Lipinski definition) is 4. The van der Waals surface area contributed by atoms with Gasteiger partial charge in [0.15, 0.2) is 0 Å². The van der Waals surface area contributed by atoms with E-state index in [9.17, 15) is 17.6 Å². The van der Waals surface area contributed by atoms with E-state index in [2.05, 4.69) is 15.4 Å². The number of halogens is 4. The molecule has 0 saturated carbocycles. The summed E-state index contributed by atoms with van der Waals surface area (Å²) in [4.78, 5) is 8.03. The van der Waals surface area contributed by atoms with Gasteiger partial charge in [0.05, 0.1) is 17.3 Å². The van der Waals surface area contributed by atoms with Gasteiger partial charge in [-0.2, -0.15) is 13.2 Å². The van der Waals surface area contributed by atoms with Gasteiger partial charge in [-0.05, 0) is 30.7 Å². The lowest BCUT2D eigenvalue weighted by Gasteiger charge is -2.17. The van der Waals surface area contributed by atoms with E-state index in [4.69, 9.17) is 5.84 Å². The van der Waals surface area contributed by atoms with E-state index >= 15 is 0 Å². The Morgan fingerprint density at radius 3 is 2.48 bits per heavy atom. The van der Waals surface area contributed by atoms with Crippen LogP contribution in [0.4, 0.5) is 17.6 Å². The summed E-state index contributed by atoms with van der Waals surface area (Å²) in [5.74, 6) is 4.52. The number of benzene rings is 1. The molecule has 1 aromatic carbocycles. The minimum atomic E-state index is -4.74. The fraction of sp³-hybridized carbons (Fsp3) is 0.231. The number of hydrogen-bond donors (Lipinski definition) is 2. The first-order valence-electron chi connectivity index (χ1n) is 5.95. The molecule has 0 aliphatic carbocycles. The standard InChI is InChI=1S/C13H12F4N4/c1-7-19-5-4-11(20-7)12(21-18)8-2-3-9(10(14)6-8)13(15,16)17/h2-6,12,21H,18H2,1H3. The molecule has 0 radical (unpaired) electrons. The Morgan fingerprint density at radius 2 is 1.95 bits per heavy atom. The Hall–Kier alpha value is -2.06. The third-order valence-corrected chi connectivity index (χ3v) is 2.89. The van der Waals surface area contributed by atoms with E-state index in [1.165, 1.54) is 6.20 Å². The number of aryl methyl sites for hydroxylation is 1. The highest BCUT2D eigenvalue weighted by atomic mass is 19.4. The van der Waals surface area contributed by atoms with Crippen molar-refractivity contribution in [1.29, 1.82) is 0 Å². The van der Waals surface area contributed by atoms with Crippen LogP contribution >= 0.6 is 0 Å². The average Bonchev–Trinajstić information content (AvgIpc) is 2.38. The van der Waals surface area contributed by atoms with Crippen LogP contribution in [0.5, 0.6) is 0 Å². The zero-order chi connectivity index (χ0) is 15.6. The lowest BCUT2D eigenvalue weighted by atomic mass is 10.0. The first kappa shape index (κ1) is 15.3. The topological polar surface area (TPSA) is 63.8 Å². The lowest BCUT2D eigenvalue weighted by molar-refractivity contribution is -0.140. The molecule has 0 aliphatic heterocycles. The normalized spacial score (nSPS) is 13.2. The number of alkyl halides is 3. The van der Waals surface area contributed by atoms with Gasteiger partial charge in [-0.1, -0.05) is 6.07 Å². The molecule has 3 N–H and O–H groups in total. The van der Waals surface area contributed by atoms with Gasteiger partial charge in [0.2, 0.25) is 0 Å². The number of nitrogens with two attached hydrogens (primary N) is 1. The molecule has 21 heavy (non-hydrogen) atoms. The van der Waals surface area contributed by atoms with Crippen LogP contribution in [-0.2, 0) is 6.18 Å². The summed E-state index contributed by atoms with van der Waals surface area (Å²) in [6.07, 6.45) is -3.25. The predicted octanol–water partition coefficient (Wildman–Crippen LogP) is 2.50. The largest absolute Gasteiger partial charge is 0.419 e. The fourth-order valence-electron chi connectivity index (χ4n) is 1.93. The number of nitrogens with zero attached hydrogens (tertiary/aromatic N) is 2. The molecule has 112 valence electrons. The zero-order valence-corrected chi connectivity index (χ0v) is 10.9. The molecule has 0 aliphatic rings. The molecule has 0 amide bonds. The summed E-state index contributed by atoms with van der Waals surface area (Å²) in [5.41, 5.74) is 1.76. The van der Waals surface area contributed by atoms with Gasteiger partial charge < -0.3 is 0 Å². The van der Waals surface area contributed by atoms with Crippen molar-refractivity contribution in [2.45, 2.75) is 19.1 Å². The second kappa shape index (κ2) is 5.74. The van der Waals surface area contributed by atoms with Crippen LogP contribution in [0.3, 0.4) is 0 Å². The molecule has 0 spiro atoms. The third kappa shape index (κ3) is 3.34. The minimum Gasteiger partial charge on any atom is -0.271 e. The molecule has 1 atom stereocenters. The number of rotatable bonds is 3. The molecule has 2 aromatic rings. The Kier molecular flexibility index (Phi) is 4.19. The van der Waals surface area contributed by atoms with Gasteiger partial charge in [0, 0.05) is 6.20 Å². The van der Waals surface area contributed by atoms with Gasteiger partial charge >= 0.3 is 6.18 Å². The van der Waals surface area contributed by atoms with E-state index < -0.39 is 23.6 Å². The van der Waals surface area contributed by atoms with Crippen molar-refractivity contribution < 1.29 is 17.6 Å². The minimum absolute atomic E-state index is 0.237. The summed E-state index contributed by atoms with van der Waals surface area (Å²) in [6.45, 7) is 1.66. The third-order valence-electron chi connectivity index (χ3n) is 2.89. The second-order valence-corrected chi connectivity index (χ2v) is 4.37. The van der Waals surface area contributed by atoms with Crippen LogP contribution in [-0.4, -0.2) is 9.97 Å². The van der Waals surface area contributed by atoms with E-state index in [1.807, 2.05) is 0 Å². The summed E-state index contributed by atoms with van der Waals surface area (Å²) < 4.78 is 51.2. The monoisotopic (exact) mass is 300 g/mol. The second-order valence-electron chi connectivity index (χ2n) is 4.37. The summed E-state index contributed by atoms with van der Waals surface area (Å²) in [7, 11) is 0. The van der Waals surface area contributed by atoms with Crippen LogP contribution < -0.4 is 11.3 Å². The van der Waals surface area contributed by atoms with Crippen LogP contribution in [0.25, 0.3) is 0 Å². The van der Waals surface area contributed by atoms with Crippen LogP contribution in [0.15, 0.2) is 30.5 Å². The van der Waals surface area contributed by atoms with Crippen LogP contribution in [0.2, 0.25) is 0 Å². The molecule has 0 bridgehead atoms. The molecule has 2 rings (SSSR count). The maximum absolute atomic E-state index is 13.6. The van der Waals surface area contributed by atoms with Crippen molar-refractivity contribution in [2.24, 2.45) is 5.84 Å². The van der Waals surface area contributed by atoms with Crippen molar-refractivity contribution in [2.75, 3.05) is 0 Å². The lowest BCUT2D eigenvalue weighted by Crippen LogP contribution is -2.30. The Morgan fingerprint density at radius 1 is 1.24 bits per heavy atom. The number of aromatic nitrogens is 2. The fourth-order valence-corrected chi connectivity index (χ4v) is 1.93. The maximum atomic E-state index is 13.6. The van der Waals surface area contributed by atoms with Gasteiger partial charge in [0.1, 0.15) is 11.6 Å². The average molecular weight is 300 g/mol. The van der Waals surface area contributed by atoms with Crippen molar-refractivity contribution in [1.82, 2.24) is 15.4 Å². The molecule has 8 heteroatoms. The predicted molar refractivity (Wildman–Crippen MR) is 67.3 cm³/mol. The van der Waals surface area contributed by atoms with Gasteiger partial charge in [0.25, 0.3) is 0 Å². The van der Waals surface area contributed by atoms with E-state index in [0.29, 0.717) is 17.6 Å². The highest BCUT2D eigenvalue weighted by Gasteiger charge is 2.34. The number of hydrazine groups is 1. The van der Waals surface area contributed by atoms with Crippen molar-refractivity contribution in [3.63, 3.8) is 0 Å². The van der Waals surface area contributed by atoms with Crippen LogP contribution in [0.1, 0.15) is 28.7 Å². The Balaban J connectivity index is 2.42. The summed E-state index contributed by atoms with van der Waals surface area (Å²) >= 11 is 0.